The zero-order valence-corrected chi connectivity index (χ0v) is 7.45. The first-order valence-electron chi connectivity index (χ1n) is 2.47. The highest BCUT2D eigenvalue weighted by atomic mass is 35.5. The SMILES string of the molecule is FC(F)C(Cl)C(Cl)(Cl)C(F)(F)F. The Kier molecular flexibility index (Phi) is 3.88. The molecule has 0 rings (SSSR count). The molecule has 0 heterocycles. The van der Waals surface area contributed by atoms with Gasteiger partial charge in [-0.05, 0) is 0 Å². The van der Waals surface area contributed by atoms with Crippen molar-refractivity contribution in [3.05, 3.63) is 0 Å². The Labute approximate surface area is 79.6 Å². The standard InChI is InChI=1S/C4H2Cl3F5/c5-1(2(8)9)3(6,7)4(10,11)12/h1-2H. The first-order chi connectivity index (χ1) is 5.10. The van der Waals surface area contributed by atoms with E-state index in [0.29, 0.717) is 0 Å². The first-order valence-corrected chi connectivity index (χ1v) is 3.66. The van der Waals surface area contributed by atoms with Crippen LogP contribution in [0.5, 0.6) is 0 Å². The average molecular weight is 251 g/mol. The smallest absolute Gasteiger partial charge is 0.209 e. The summed E-state index contributed by atoms with van der Waals surface area (Å²) in [5, 5.41) is -2.68. The van der Waals surface area contributed by atoms with Crippen LogP contribution in [0, 0.1) is 0 Å². The minimum Gasteiger partial charge on any atom is -0.209 e. The molecular formula is C4H2Cl3F5. The molecule has 74 valence electrons. The van der Waals surface area contributed by atoms with Crippen LogP contribution in [-0.4, -0.2) is 22.3 Å². The minimum absolute atomic E-state index is 2.68. The van der Waals surface area contributed by atoms with Crippen molar-refractivity contribution in [2.24, 2.45) is 0 Å². The van der Waals surface area contributed by atoms with E-state index in [2.05, 4.69) is 34.8 Å². The molecule has 0 aromatic carbocycles. The molecule has 0 aromatic heterocycles. The molecule has 1 unspecified atom stereocenters. The van der Waals surface area contributed by atoms with E-state index in [4.69, 9.17) is 0 Å². The number of rotatable bonds is 2. The lowest BCUT2D eigenvalue weighted by atomic mass is 10.3. The fourth-order valence-corrected chi connectivity index (χ4v) is 0.629. The Balaban J connectivity index is 4.61. The Bertz CT molecular complexity index is 153. The minimum atomic E-state index is -5.18. The second-order valence-corrected chi connectivity index (χ2v) is 3.71. The summed E-state index contributed by atoms with van der Waals surface area (Å²) in [7, 11) is 0. The molecule has 1 atom stereocenters. The van der Waals surface area contributed by atoms with Crippen LogP contribution in [0.25, 0.3) is 0 Å². The third-order valence-corrected chi connectivity index (χ3v) is 2.59. The Morgan fingerprint density at radius 1 is 1.00 bits per heavy atom. The fourth-order valence-electron chi connectivity index (χ4n) is 0.315. The summed E-state index contributed by atoms with van der Waals surface area (Å²) >= 11 is 13.8. The topological polar surface area (TPSA) is 0 Å². The predicted octanol–water partition coefficient (Wildman–Crippen LogP) is 3.60. The van der Waals surface area contributed by atoms with E-state index in [1.807, 2.05) is 0 Å². The van der Waals surface area contributed by atoms with Crippen molar-refractivity contribution in [2.75, 3.05) is 0 Å². The van der Waals surface area contributed by atoms with Crippen LogP contribution in [-0.2, 0) is 0 Å². The molecule has 0 amide bonds. The lowest BCUT2D eigenvalue weighted by Crippen LogP contribution is -2.45. The molecule has 0 nitrogen and oxygen atoms in total. The number of hydrogen-bond donors (Lipinski definition) is 0. The molecule has 12 heavy (non-hydrogen) atoms. The van der Waals surface area contributed by atoms with Crippen LogP contribution in [0.2, 0.25) is 0 Å². The molecule has 0 aromatic rings. The fraction of sp³-hybridized carbons (Fsp3) is 1.00. The maximum Gasteiger partial charge on any atom is 0.423 e. The van der Waals surface area contributed by atoms with Crippen molar-refractivity contribution in [3.63, 3.8) is 0 Å². The molecule has 0 spiro atoms. The molecule has 0 radical (unpaired) electrons. The van der Waals surface area contributed by atoms with Crippen molar-refractivity contribution in [2.45, 2.75) is 22.3 Å². The van der Waals surface area contributed by atoms with E-state index in [1.54, 1.807) is 0 Å². The van der Waals surface area contributed by atoms with Crippen LogP contribution in [0.4, 0.5) is 22.0 Å². The summed E-state index contributed by atoms with van der Waals surface area (Å²) in [5.41, 5.74) is 0. The van der Waals surface area contributed by atoms with E-state index in [0.717, 1.165) is 0 Å². The molecule has 0 aliphatic rings. The van der Waals surface area contributed by atoms with Crippen molar-refractivity contribution < 1.29 is 22.0 Å². The lowest BCUT2D eigenvalue weighted by Gasteiger charge is -2.26. The van der Waals surface area contributed by atoms with Gasteiger partial charge in [0.2, 0.25) is 4.33 Å². The van der Waals surface area contributed by atoms with E-state index >= 15 is 0 Å². The highest BCUT2D eigenvalue weighted by Gasteiger charge is 2.60. The molecule has 0 aliphatic carbocycles. The molecule has 0 bridgehead atoms. The molecule has 0 aliphatic heterocycles. The van der Waals surface area contributed by atoms with Crippen LogP contribution in [0.3, 0.4) is 0 Å². The van der Waals surface area contributed by atoms with Gasteiger partial charge in [0.05, 0.1) is 0 Å². The van der Waals surface area contributed by atoms with Gasteiger partial charge in [-0.25, -0.2) is 8.78 Å². The summed E-state index contributed by atoms with van der Waals surface area (Å²) < 4.78 is 55.0. The zero-order valence-electron chi connectivity index (χ0n) is 5.18. The van der Waals surface area contributed by atoms with Crippen LogP contribution >= 0.6 is 34.8 Å². The van der Waals surface area contributed by atoms with Crippen molar-refractivity contribution in [1.29, 1.82) is 0 Å². The molecule has 0 fully saturated rings. The quantitative estimate of drug-likeness (QED) is 0.520. The third kappa shape index (κ3) is 2.50. The van der Waals surface area contributed by atoms with Crippen LogP contribution in [0.15, 0.2) is 0 Å². The maximum absolute atomic E-state index is 11.8. The Hall–Kier alpha value is 0.520. The van der Waals surface area contributed by atoms with Crippen molar-refractivity contribution >= 4 is 34.8 Å². The van der Waals surface area contributed by atoms with Crippen LogP contribution < -0.4 is 0 Å². The average Bonchev–Trinajstić information content (AvgIpc) is 1.83. The van der Waals surface area contributed by atoms with Crippen molar-refractivity contribution in [3.8, 4) is 0 Å². The molecule has 8 heteroatoms. The highest BCUT2D eigenvalue weighted by Crippen LogP contribution is 2.46. The van der Waals surface area contributed by atoms with E-state index in [1.165, 1.54) is 0 Å². The number of halogens is 8. The Morgan fingerprint density at radius 2 is 1.33 bits per heavy atom. The summed E-state index contributed by atoms with van der Waals surface area (Å²) in [5.74, 6) is 0. The number of alkyl halides is 8. The van der Waals surface area contributed by atoms with Gasteiger partial charge in [0, 0.05) is 0 Å². The maximum atomic E-state index is 11.8. The summed E-state index contributed by atoms with van der Waals surface area (Å²) in [4.78, 5) is 0. The van der Waals surface area contributed by atoms with E-state index < -0.39 is 22.3 Å². The Morgan fingerprint density at radius 3 is 1.42 bits per heavy atom. The normalized spacial score (nSPS) is 16.8. The summed E-state index contributed by atoms with van der Waals surface area (Å²) in [6.45, 7) is 0. The van der Waals surface area contributed by atoms with Gasteiger partial charge in [-0.2, -0.15) is 13.2 Å². The van der Waals surface area contributed by atoms with Gasteiger partial charge >= 0.3 is 6.18 Å². The third-order valence-electron chi connectivity index (χ3n) is 0.946. The number of hydrogen-bond acceptors (Lipinski definition) is 0. The monoisotopic (exact) mass is 250 g/mol. The van der Waals surface area contributed by atoms with Gasteiger partial charge in [-0.15, -0.1) is 11.6 Å². The van der Waals surface area contributed by atoms with Crippen LogP contribution in [0.1, 0.15) is 0 Å². The molecule has 0 saturated heterocycles. The van der Waals surface area contributed by atoms with Gasteiger partial charge in [0.25, 0.3) is 6.43 Å². The van der Waals surface area contributed by atoms with Gasteiger partial charge in [-0.1, -0.05) is 23.2 Å². The highest BCUT2D eigenvalue weighted by molar-refractivity contribution is 6.53. The second kappa shape index (κ2) is 3.72. The second-order valence-electron chi connectivity index (χ2n) is 1.86. The summed E-state index contributed by atoms with van der Waals surface area (Å²) in [6, 6.07) is 0. The van der Waals surface area contributed by atoms with Crippen molar-refractivity contribution in [1.82, 2.24) is 0 Å². The lowest BCUT2D eigenvalue weighted by molar-refractivity contribution is -0.147. The predicted molar refractivity (Wildman–Crippen MR) is 36.1 cm³/mol. The van der Waals surface area contributed by atoms with Gasteiger partial charge in [-0.3, -0.25) is 0 Å². The van der Waals surface area contributed by atoms with E-state index in [-0.39, 0.29) is 0 Å². The molecule has 0 N–H and O–H groups in total. The summed E-state index contributed by atoms with van der Waals surface area (Å²) in [6.07, 6.45) is -8.62. The zero-order chi connectivity index (χ0) is 10.2. The van der Waals surface area contributed by atoms with Gasteiger partial charge < -0.3 is 0 Å². The molecular weight excluding hydrogens is 249 g/mol. The largest absolute Gasteiger partial charge is 0.423 e. The first kappa shape index (κ1) is 12.5. The van der Waals surface area contributed by atoms with Gasteiger partial charge in [0.15, 0.2) is 0 Å². The molecule has 0 saturated carbocycles. The van der Waals surface area contributed by atoms with E-state index in [9.17, 15) is 22.0 Å². The van der Waals surface area contributed by atoms with Gasteiger partial charge in [0.1, 0.15) is 5.38 Å².